The highest BCUT2D eigenvalue weighted by molar-refractivity contribution is 6.07. The van der Waals surface area contributed by atoms with Crippen LogP contribution in [0.3, 0.4) is 0 Å². The Hall–Kier alpha value is -1.95. The van der Waals surface area contributed by atoms with Gasteiger partial charge in [0.05, 0.1) is 11.4 Å². The molecule has 0 radical (unpaired) electrons. The van der Waals surface area contributed by atoms with Crippen molar-refractivity contribution < 1.29 is 4.79 Å². The number of aromatic amines is 1. The molecule has 0 aliphatic heterocycles. The molecule has 66 valence electrons. The van der Waals surface area contributed by atoms with Crippen LogP contribution in [0.5, 0.6) is 0 Å². The lowest BCUT2D eigenvalue weighted by Gasteiger charge is -2.01. The number of rotatable bonds is 3. The molecular formula is C10H10N2O. The fourth-order valence-corrected chi connectivity index (χ4v) is 0.951. The quantitative estimate of drug-likeness (QED) is 0.407. The summed E-state index contributed by atoms with van der Waals surface area (Å²) < 4.78 is 0. The standard InChI is InChI=1S/C10H10N2O/c1-3-5-8(11-2)10(13)9-6-4-7-12-9/h1,4-7,11-12H,2H3/b8-5-. The molecule has 0 aromatic carbocycles. The van der Waals surface area contributed by atoms with Gasteiger partial charge in [-0.25, -0.2) is 0 Å². The van der Waals surface area contributed by atoms with Crippen molar-refractivity contribution in [2.45, 2.75) is 0 Å². The van der Waals surface area contributed by atoms with E-state index >= 15 is 0 Å². The van der Waals surface area contributed by atoms with E-state index in [1.54, 1.807) is 25.4 Å². The van der Waals surface area contributed by atoms with Crippen LogP contribution in [0.1, 0.15) is 10.5 Å². The number of carbonyl (C=O) groups excluding carboxylic acids is 1. The van der Waals surface area contributed by atoms with E-state index in [0.717, 1.165) is 0 Å². The summed E-state index contributed by atoms with van der Waals surface area (Å²) in [6.45, 7) is 0. The van der Waals surface area contributed by atoms with Crippen LogP contribution >= 0.6 is 0 Å². The number of hydrogen-bond acceptors (Lipinski definition) is 2. The second-order valence-corrected chi connectivity index (χ2v) is 2.39. The van der Waals surface area contributed by atoms with Gasteiger partial charge in [-0.1, -0.05) is 5.92 Å². The van der Waals surface area contributed by atoms with Gasteiger partial charge in [-0.3, -0.25) is 4.79 Å². The number of H-pyrrole nitrogens is 1. The van der Waals surface area contributed by atoms with Gasteiger partial charge >= 0.3 is 0 Å². The van der Waals surface area contributed by atoms with E-state index < -0.39 is 0 Å². The number of nitrogens with one attached hydrogen (secondary N) is 2. The second-order valence-electron chi connectivity index (χ2n) is 2.39. The van der Waals surface area contributed by atoms with Gasteiger partial charge in [0.2, 0.25) is 5.78 Å². The van der Waals surface area contributed by atoms with Crippen molar-refractivity contribution in [3.8, 4) is 12.3 Å². The first-order valence-corrected chi connectivity index (χ1v) is 3.81. The van der Waals surface area contributed by atoms with Crippen LogP contribution in [0.2, 0.25) is 0 Å². The first-order chi connectivity index (χ1) is 6.29. The predicted octanol–water partition coefficient (Wildman–Crippen LogP) is 0.934. The first-order valence-electron chi connectivity index (χ1n) is 3.81. The lowest BCUT2D eigenvalue weighted by Crippen LogP contribution is -2.16. The molecule has 3 heteroatoms. The molecule has 0 aliphatic rings. The van der Waals surface area contributed by atoms with Crippen LogP contribution in [0.4, 0.5) is 0 Å². The Balaban J connectivity index is 2.91. The predicted molar refractivity (Wildman–Crippen MR) is 51.1 cm³/mol. The third kappa shape index (κ3) is 2.00. The maximum absolute atomic E-state index is 11.6. The Bertz CT molecular complexity index is 355. The summed E-state index contributed by atoms with van der Waals surface area (Å²) in [6, 6.07) is 3.46. The van der Waals surface area contributed by atoms with Gasteiger partial charge in [-0.05, 0) is 12.1 Å². The molecule has 0 fully saturated rings. The minimum Gasteiger partial charge on any atom is -0.384 e. The van der Waals surface area contributed by atoms with E-state index in [4.69, 9.17) is 6.42 Å². The van der Waals surface area contributed by atoms with Crippen LogP contribution in [-0.2, 0) is 0 Å². The van der Waals surface area contributed by atoms with Crippen molar-refractivity contribution in [3.05, 3.63) is 35.8 Å². The Morgan fingerprint density at radius 2 is 2.54 bits per heavy atom. The normalized spacial score (nSPS) is 10.6. The summed E-state index contributed by atoms with van der Waals surface area (Å²) in [6.07, 6.45) is 8.16. The first kappa shape index (κ1) is 9.14. The lowest BCUT2D eigenvalue weighted by molar-refractivity contribution is 0.102. The third-order valence-electron chi connectivity index (χ3n) is 1.58. The summed E-state index contributed by atoms with van der Waals surface area (Å²) in [4.78, 5) is 14.4. The number of terminal acetylenes is 1. The highest BCUT2D eigenvalue weighted by Crippen LogP contribution is 2.02. The van der Waals surface area contributed by atoms with E-state index in [1.165, 1.54) is 6.08 Å². The van der Waals surface area contributed by atoms with E-state index in [1.807, 2.05) is 0 Å². The second kappa shape index (κ2) is 4.17. The number of likely N-dealkylation sites (N-methyl/N-ethyl adjacent to an activating group) is 1. The van der Waals surface area contributed by atoms with E-state index in [2.05, 4.69) is 16.2 Å². The van der Waals surface area contributed by atoms with Crippen LogP contribution in [0, 0.1) is 12.3 Å². The monoisotopic (exact) mass is 174 g/mol. The van der Waals surface area contributed by atoms with Crippen LogP contribution in [-0.4, -0.2) is 17.8 Å². The van der Waals surface area contributed by atoms with Gasteiger partial charge in [0.25, 0.3) is 0 Å². The summed E-state index contributed by atoms with van der Waals surface area (Å²) in [7, 11) is 1.66. The molecule has 1 rings (SSSR count). The fraction of sp³-hybridized carbons (Fsp3) is 0.100. The summed E-state index contributed by atoms with van der Waals surface area (Å²) in [5.74, 6) is 2.17. The van der Waals surface area contributed by atoms with E-state index in [9.17, 15) is 4.79 Å². The van der Waals surface area contributed by atoms with Gasteiger partial charge in [0.1, 0.15) is 0 Å². The minimum absolute atomic E-state index is 0.134. The van der Waals surface area contributed by atoms with E-state index in [-0.39, 0.29) is 5.78 Å². The Kier molecular flexibility index (Phi) is 2.93. The van der Waals surface area contributed by atoms with E-state index in [0.29, 0.717) is 11.4 Å². The summed E-state index contributed by atoms with van der Waals surface area (Å²) >= 11 is 0. The van der Waals surface area contributed by atoms with Gasteiger partial charge < -0.3 is 10.3 Å². The number of ketones is 1. The van der Waals surface area contributed by atoms with Crippen LogP contribution in [0.25, 0.3) is 0 Å². The van der Waals surface area contributed by atoms with Gasteiger partial charge in [0, 0.05) is 19.3 Å². The molecule has 1 aromatic rings. The van der Waals surface area contributed by atoms with Crippen LogP contribution in [0.15, 0.2) is 30.1 Å². The molecule has 0 saturated heterocycles. The molecule has 0 atom stereocenters. The molecule has 0 saturated carbocycles. The van der Waals surface area contributed by atoms with Gasteiger partial charge in [0.15, 0.2) is 0 Å². The maximum atomic E-state index is 11.6. The Labute approximate surface area is 76.9 Å². The number of carbonyl (C=O) groups is 1. The molecule has 0 aliphatic carbocycles. The summed E-state index contributed by atoms with van der Waals surface area (Å²) in [5.41, 5.74) is 0.931. The molecule has 0 spiro atoms. The van der Waals surface area contributed by atoms with Gasteiger partial charge in [-0.15, -0.1) is 6.42 Å². The average molecular weight is 174 g/mol. The molecule has 0 bridgehead atoms. The van der Waals surface area contributed by atoms with Crippen molar-refractivity contribution in [3.63, 3.8) is 0 Å². The maximum Gasteiger partial charge on any atom is 0.225 e. The molecule has 0 amide bonds. The zero-order chi connectivity index (χ0) is 9.68. The Morgan fingerprint density at radius 3 is 3.00 bits per heavy atom. The molecule has 2 N–H and O–H groups in total. The zero-order valence-electron chi connectivity index (χ0n) is 7.29. The third-order valence-corrected chi connectivity index (χ3v) is 1.58. The minimum atomic E-state index is -0.134. The number of allylic oxidation sites excluding steroid dienone is 2. The SMILES string of the molecule is C#C/C=C(\NC)C(=O)c1ccc[nH]1. The highest BCUT2D eigenvalue weighted by atomic mass is 16.1. The zero-order valence-corrected chi connectivity index (χ0v) is 7.29. The Morgan fingerprint density at radius 1 is 1.77 bits per heavy atom. The van der Waals surface area contributed by atoms with Gasteiger partial charge in [-0.2, -0.15) is 0 Å². The molecule has 0 unspecified atom stereocenters. The highest BCUT2D eigenvalue weighted by Gasteiger charge is 2.10. The van der Waals surface area contributed by atoms with Crippen molar-refractivity contribution in [2.24, 2.45) is 0 Å². The fourth-order valence-electron chi connectivity index (χ4n) is 0.951. The smallest absolute Gasteiger partial charge is 0.225 e. The molecular weight excluding hydrogens is 164 g/mol. The molecule has 1 heterocycles. The van der Waals surface area contributed by atoms with Crippen molar-refractivity contribution in [2.75, 3.05) is 7.05 Å². The van der Waals surface area contributed by atoms with Crippen molar-refractivity contribution in [1.82, 2.24) is 10.3 Å². The average Bonchev–Trinajstić information content (AvgIpc) is 2.65. The van der Waals surface area contributed by atoms with Crippen molar-refractivity contribution in [1.29, 1.82) is 0 Å². The number of Topliss-reactive ketones (excluding diaryl/α,β-unsaturated/α-hetero) is 1. The lowest BCUT2D eigenvalue weighted by atomic mass is 10.2. The molecule has 3 nitrogen and oxygen atoms in total. The topological polar surface area (TPSA) is 44.9 Å². The summed E-state index contributed by atoms with van der Waals surface area (Å²) in [5, 5.41) is 2.74. The molecule has 1 aromatic heterocycles. The molecule has 13 heavy (non-hydrogen) atoms. The number of hydrogen-bond donors (Lipinski definition) is 2. The van der Waals surface area contributed by atoms with Crippen molar-refractivity contribution >= 4 is 5.78 Å². The number of aromatic nitrogens is 1. The van der Waals surface area contributed by atoms with Crippen LogP contribution < -0.4 is 5.32 Å². The largest absolute Gasteiger partial charge is 0.384 e.